The molecule has 1 aromatic carbocycles. The van der Waals surface area contributed by atoms with Crippen molar-refractivity contribution in [2.24, 2.45) is 4.99 Å². The van der Waals surface area contributed by atoms with Crippen molar-refractivity contribution >= 4 is 22.7 Å². The van der Waals surface area contributed by atoms with Gasteiger partial charge in [0.2, 0.25) is 5.75 Å². The fourth-order valence-electron chi connectivity index (χ4n) is 1.88. The smallest absolute Gasteiger partial charge is 0.294 e. The molecular formula is C17H20N4O4S. The number of benzene rings is 1. The number of aliphatic hydroxyl groups excluding tert-OH is 1. The molecular weight excluding hydrogens is 356 g/mol. The number of rotatable bonds is 5. The second-order valence-electron chi connectivity index (χ2n) is 4.60. The van der Waals surface area contributed by atoms with Gasteiger partial charge in [-0.2, -0.15) is 0 Å². The fraction of sp³-hybridized carbons (Fsp3) is 0.176. The first-order valence-corrected chi connectivity index (χ1v) is 8.62. The van der Waals surface area contributed by atoms with Crippen molar-refractivity contribution in [3.63, 3.8) is 0 Å². The number of aliphatic imine (C=N–C) groups is 1. The van der Waals surface area contributed by atoms with Crippen LogP contribution in [0.5, 0.6) is 5.75 Å². The molecule has 0 atom stereocenters. The number of nitrogens with one attached hydrogen (secondary N) is 2. The van der Waals surface area contributed by atoms with Gasteiger partial charge in [-0.15, -0.1) is 11.8 Å². The number of carbonyl (C=O) groups is 1. The van der Waals surface area contributed by atoms with Gasteiger partial charge in [0, 0.05) is 19.9 Å². The average molecular weight is 376 g/mol. The van der Waals surface area contributed by atoms with Crippen molar-refractivity contribution in [3.05, 3.63) is 70.5 Å². The summed E-state index contributed by atoms with van der Waals surface area (Å²) in [4.78, 5) is 34.5. The van der Waals surface area contributed by atoms with Gasteiger partial charge in [0.15, 0.2) is 11.5 Å². The van der Waals surface area contributed by atoms with Crippen molar-refractivity contribution in [1.29, 1.82) is 0 Å². The van der Waals surface area contributed by atoms with E-state index in [1.807, 2.05) is 30.3 Å². The summed E-state index contributed by atoms with van der Waals surface area (Å²) < 4.78 is 0. The van der Waals surface area contributed by atoms with E-state index >= 15 is 0 Å². The Morgan fingerprint density at radius 3 is 2.62 bits per heavy atom. The van der Waals surface area contributed by atoms with Crippen LogP contribution in [-0.2, 0) is 6.54 Å². The molecule has 1 heterocycles. The Labute approximate surface area is 154 Å². The van der Waals surface area contributed by atoms with E-state index in [1.54, 1.807) is 6.26 Å². The summed E-state index contributed by atoms with van der Waals surface area (Å²) in [6, 6.07) is 9.25. The zero-order valence-electron chi connectivity index (χ0n) is 14.4. The van der Waals surface area contributed by atoms with Crippen molar-refractivity contribution in [2.45, 2.75) is 6.54 Å². The number of hydrogen-bond donors (Lipinski definition) is 4. The fourth-order valence-corrected chi connectivity index (χ4v) is 2.35. The molecule has 2 aromatic rings. The van der Waals surface area contributed by atoms with Crippen molar-refractivity contribution in [1.82, 2.24) is 15.3 Å². The number of carbonyl (C=O) groups excluding carboxylic acids is 1. The summed E-state index contributed by atoms with van der Waals surface area (Å²) in [7, 11) is 1.00. The molecule has 2 rings (SSSR count). The van der Waals surface area contributed by atoms with Crippen LogP contribution in [-0.4, -0.2) is 44.5 Å². The van der Waals surface area contributed by atoms with Gasteiger partial charge >= 0.3 is 0 Å². The molecule has 1 aromatic heterocycles. The van der Waals surface area contributed by atoms with Crippen LogP contribution in [0.4, 0.5) is 0 Å². The third-order valence-corrected chi connectivity index (χ3v) is 3.70. The Hall–Kier alpha value is -2.91. The van der Waals surface area contributed by atoms with Gasteiger partial charge in [0.05, 0.1) is 0 Å². The lowest BCUT2D eigenvalue weighted by Gasteiger charge is -2.08. The van der Waals surface area contributed by atoms with E-state index in [0.717, 1.165) is 12.7 Å². The molecule has 8 nitrogen and oxygen atoms in total. The number of amides is 1. The summed E-state index contributed by atoms with van der Waals surface area (Å²) in [6.45, 7) is 3.73. The molecule has 9 heteroatoms. The molecule has 0 spiro atoms. The van der Waals surface area contributed by atoms with Crippen molar-refractivity contribution in [3.8, 4) is 5.75 Å². The van der Waals surface area contributed by atoms with Gasteiger partial charge in [0.1, 0.15) is 5.04 Å². The SMILES string of the molecule is C=CN=C(SC)c1nc(C(=O)NCc2ccccc2)c(O)c(=O)[nH]1.CO. The van der Waals surface area contributed by atoms with E-state index in [1.165, 1.54) is 18.0 Å². The van der Waals surface area contributed by atoms with Gasteiger partial charge < -0.3 is 20.5 Å². The minimum absolute atomic E-state index is 0.0926. The molecule has 0 aliphatic rings. The Kier molecular flexibility index (Phi) is 8.82. The molecule has 1 amide bonds. The Balaban J connectivity index is 0.00000163. The van der Waals surface area contributed by atoms with E-state index in [9.17, 15) is 14.7 Å². The number of aromatic nitrogens is 2. The molecule has 0 aliphatic heterocycles. The minimum Gasteiger partial charge on any atom is -0.501 e. The van der Waals surface area contributed by atoms with Crippen LogP contribution in [0.15, 0.2) is 52.9 Å². The first-order chi connectivity index (χ1) is 12.6. The summed E-state index contributed by atoms with van der Waals surface area (Å²) >= 11 is 1.23. The van der Waals surface area contributed by atoms with Gasteiger partial charge in [0.25, 0.3) is 11.5 Å². The normalized spacial score (nSPS) is 10.5. The van der Waals surface area contributed by atoms with Crippen LogP contribution in [0.3, 0.4) is 0 Å². The van der Waals surface area contributed by atoms with Crippen LogP contribution in [0.2, 0.25) is 0 Å². The number of thioether (sulfide) groups is 1. The zero-order chi connectivity index (χ0) is 19.5. The Bertz CT molecular complexity index is 834. The second-order valence-corrected chi connectivity index (χ2v) is 5.40. The summed E-state index contributed by atoms with van der Waals surface area (Å²) in [5.74, 6) is -1.29. The van der Waals surface area contributed by atoms with Crippen LogP contribution in [0.1, 0.15) is 21.9 Å². The van der Waals surface area contributed by atoms with Crippen LogP contribution >= 0.6 is 11.8 Å². The summed E-state index contributed by atoms with van der Waals surface area (Å²) in [6.07, 6.45) is 3.04. The maximum absolute atomic E-state index is 12.3. The highest BCUT2D eigenvalue weighted by molar-refractivity contribution is 8.13. The van der Waals surface area contributed by atoms with E-state index in [-0.39, 0.29) is 18.1 Å². The van der Waals surface area contributed by atoms with Gasteiger partial charge in [-0.3, -0.25) is 9.59 Å². The molecule has 138 valence electrons. The lowest BCUT2D eigenvalue weighted by Crippen LogP contribution is -2.27. The molecule has 0 unspecified atom stereocenters. The van der Waals surface area contributed by atoms with E-state index in [2.05, 4.69) is 26.9 Å². The summed E-state index contributed by atoms with van der Waals surface area (Å²) in [5.41, 5.74) is -0.278. The number of H-pyrrole nitrogens is 1. The highest BCUT2D eigenvalue weighted by Gasteiger charge is 2.19. The maximum atomic E-state index is 12.3. The van der Waals surface area contributed by atoms with E-state index in [0.29, 0.717) is 5.04 Å². The predicted octanol–water partition coefficient (Wildman–Crippen LogP) is 1.27. The second kappa shape index (κ2) is 10.9. The maximum Gasteiger partial charge on any atom is 0.294 e. The molecule has 0 aliphatic carbocycles. The highest BCUT2D eigenvalue weighted by Crippen LogP contribution is 2.12. The highest BCUT2D eigenvalue weighted by atomic mass is 32.2. The topological polar surface area (TPSA) is 128 Å². The first kappa shape index (κ1) is 21.1. The minimum atomic E-state index is -0.810. The Morgan fingerprint density at radius 2 is 2.04 bits per heavy atom. The monoisotopic (exact) mass is 376 g/mol. The molecule has 0 saturated heterocycles. The van der Waals surface area contributed by atoms with Crippen molar-refractivity contribution < 1.29 is 15.0 Å². The number of aromatic hydroxyl groups is 1. The van der Waals surface area contributed by atoms with Crippen molar-refractivity contribution in [2.75, 3.05) is 13.4 Å². The molecule has 26 heavy (non-hydrogen) atoms. The molecule has 4 N–H and O–H groups in total. The average Bonchev–Trinajstić information content (AvgIpc) is 2.68. The predicted molar refractivity (Wildman–Crippen MR) is 103 cm³/mol. The van der Waals surface area contributed by atoms with E-state index < -0.39 is 17.2 Å². The molecule has 0 fully saturated rings. The lowest BCUT2D eigenvalue weighted by molar-refractivity contribution is 0.0942. The summed E-state index contributed by atoms with van der Waals surface area (Å²) in [5, 5.41) is 19.8. The standard InChI is InChI=1S/C16H16N4O3S.CH4O/c1-3-17-16(24-2)13-19-11(12(21)15(23)20-13)14(22)18-9-10-7-5-4-6-8-10;1-2/h3-8,21H,1,9H2,2H3,(H,18,22)(H,19,20,23);2H,1H3. The number of hydrogen-bond acceptors (Lipinski definition) is 7. The van der Waals surface area contributed by atoms with Gasteiger partial charge in [-0.25, -0.2) is 9.98 Å². The first-order valence-electron chi connectivity index (χ1n) is 7.40. The van der Waals surface area contributed by atoms with Crippen LogP contribution < -0.4 is 10.9 Å². The van der Waals surface area contributed by atoms with Gasteiger partial charge in [-0.05, 0) is 11.8 Å². The third-order valence-electron chi connectivity index (χ3n) is 3.01. The van der Waals surface area contributed by atoms with Crippen LogP contribution in [0, 0.1) is 0 Å². The lowest BCUT2D eigenvalue weighted by atomic mass is 10.2. The quantitative estimate of drug-likeness (QED) is 0.460. The number of nitrogens with zero attached hydrogens (tertiary/aromatic N) is 2. The zero-order valence-corrected chi connectivity index (χ0v) is 15.2. The van der Waals surface area contributed by atoms with Crippen LogP contribution in [0.25, 0.3) is 0 Å². The molecule has 0 bridgehead atoms. The third kappa shape index (κ3) is 5.57. The molecule has 0 saturated carbocycles. The largest absolute Gasteiger partial charge is 0.501 e. The number of aliphatic hydroxyl groups is 1. The Morgan fingerprint density at radius 1 is 1.38 bits per heavy atom. The molecule has 0 radical (unpaired) electrons. The van der Waals surface area contributed by atoms with E-state index in [4.69, 9.17) is 5.11 Å². The number of aromatic amines is 1. The van der Waals surface area contributed by atoms with Gasteiger partial charge in [-0.1, -0.05) is 36.9 Å².